The molecule has 0 aliphatic heterocycles. The van der Waals surface area contributed by atoms with E-state index in [2.05, 4.69) is 52.8 Å². The Hall–Kier alpha value is -0.820. The summed E-state index contributed by atoms with van der Waals surface area (Å²) in [4.78, 5) is 0. The van der Waals surface area contributed by atoms with Crippen molar-refractivity contribution in [3.63, 3.8) is 0 Å². The van der Waals surface area contributed by atoms with E-state index in [1.165, 1.54) is 18.4 Å². The average Bonchev–Trinajstić information content (AvgIpc) is 2.76. The Balaban J connectivity index is 2.32. The lowest BCUT2D eigenvalue weighted by Gasteiger charge is -2.38. The number of aliphatic hydroxyl groups excluding tert-OH is 1. The molecular formula is C20H32O. The van der Waals surface area contributed by atoms with Crippen LogP contribution in [-0.2, 0) is 0 Å². The molecule has 0 fully saturated rings. The SMILES string of the molecule is C/C1=C\CC(O)/C(C)=C/CC2=CCC(C(C)C)C2(C)CC1. The second kappa shape index (κ2) is 6.52. The topological polar surface area (TPSA) is 20.2 Å². The fraction of sp³-hybridized carbons (Fsp3) is 0.700. The van der Waals surface area contributed by atoms with Gasteiger partial charge in [0.05, 0.1) is 6.10 Å². The van der Waals surface area contributed by atoms with Crippen molar-refractivity contribution in [1.82, 2.24) is 0 Å². The van der Waals surface area contributed by atoms with Gasteiger partial charge in [-0.15, -0.1) is 0 Å². The van der Waals surface area contributed by atoms with Crippen molar-refractivity contribution in [1.29, 1.82) is 0 Å². The van der Waals surface area contributed by atoms with Gasteiger partial charge < -0.3 is 5.11 Å². The summed E-state index contributed by atoms with van der Waals surface area (Å²) in [7, 11) is 0. The van der Waals surface area contributed by atoms with Crippen LogP contribution in [0.3, 0.4) is 0 Å². The molecule has 2 rings (SSSR count). The third-order valence-electron chi connectivity index (χ3n) is 5.87. The van der Waals surface area contributed by atoms with Gasteiger partial charge in [-0.25, -0.2) is 0 Å². The summed E-state index contributed by atoms with van der Waals surface area (Å²) in [6.07, 6.45) is 12.1. The highest BCUT2D eigenvalue weighted by Crippen LogP contribution is 2.52. The fourth-order valence-corrected chi connectivity index (χ4v) is 4.14. The summed E-state index contributed by atoms with van der Waals surface area (Å²) in [5, 5.41) is 10.2. The minimum Gasteiger partial charge on any atom is -0.388 e. The van der Waals surface area contributed by atoms with E-state index in [0.29, 0.717) is 5.41 Å². The lowest BCUT2D eigenvalue weighted by molar-refractivity contribution is 0.183. The third-order valence-corrected chi connectivity index (χ3v) is 5.87. The van der Waals surface area contributed by atoms with E-state index in [4.69, 9.17) is 0 Å². The highest BCUT2D eigenvalue weighted by Gasteiger charge is 2.41. The van der Waals surface area contributed by atoms with Gasteiger partial charge in [-0.1, -0.05) is 50.1 Å². The molecule has 0 bridgehead atoms. The van der Waals surface area contributed by atoms with Crippen LogP contribution in [0.25, 0.3) is 0 Å². The Labute approximate surface area is 130 Å². The van der Waals surface area contributed by atoms with E-state index >= 15 is 0 Å². The number of rotatable bonds is 1. The maximum atomic E-state index is 10.2. The molecule has 2 aliphatic rings. The van der Waals surface area contributed by atoms with Crippen molar-refractivity contribution in [3.05, 3.63) is 34.9 Å². The first-order chi connectivity index (χ1) is 9.84. The first kappa shape index (κ1) is 16.5. The molecule has 0 spiro atoms. The smallest absolute Gasteiger partial charge is 0.0782 e. The van der Waals surface area contributed by atoms with Crippen molar-refractivity contribution < 1.29 is 5.11 Å². The molecule has 3 unspecified atom stereocenters. The largest absolute Gasteiger partial charge is 0.388 e. The van der Waals surface area contributed by atoms with Crippen molar-refractivity contribution >= 4 is 0 Å². The van der Waals surface area contributed by atoms with Crippen molar-refractivity contribution in [2.75, 3.05) is 0 Å². The van der Waals surface area contributed by atoms with E-state index in [-0.39, 0.29) is 6.10 Å². The molecule has 1 heteroatoms. The molecule has 0 saturated heterocycles. The number of fused-ring (bicyclic) bond motifs is 1. The lowest BCUT2D eigenvalue weighted by Crippen LogP contribution is -2.29. The zero-order valence-corrected chi connectivity index (χ0v) is 14.4. The summed E-state index contributed by atoms with van der Waals surface area (Å²) >= 11 is 0. The van der Waals surface area contributed by atoms with E-state index in [1.54, 1.807) is 5.57 Å². The summed E-state index contributed by atoms with van der Waals surface area (Å²) < 4.78 is 0. The monoisotopic (exact) mass is 288 g/mol. The first-order valence-corrected chi connectivity index (χ1v) is 8.54. The molecule has 0 aromatic carbocycles. The van der Waals surface area contributed by atoms with Crippen molar-refractivity contribution in [3.8, 4) is 0 Å². The van der Waals surface area contributed by atoms with Crippen LogP contribution >= 0.6 is 0 Å². The highest BCUT2D eigenvalue weighted by atomic mass is 16.3. The lowest BCUT2D eigenvalue weighted by atomic mass is 9.67. The summed E-state index contributed by atoms with van der Waals surface area (Å²) in [6, 6.07) is 0. The Morgan fingerprint density at radius 1 is 1.14 bits per heavy atom. The van der Waals surface area contributed by atoms with Crippen LogP contribution in [0.5, 0.6) is 0 Å². The van der Waals surface area contributed by atoms with Gasteiger partial charge in [0.2, 0.25) is 0 Å². The quantitative estimate of drug-likeness (QED) is 0.638. The molecular weight excluding hydrogens is 256 g/mol. The fourth-order valence-electron chi connectivity index (χ4n) is 4.14. The number of hydrogen-bond acceptors (Lipinski definition) is 1. The minimum absolute atomic E-state index is 0.313. The van der Waals surface area contributed by atoms with Crippen molar-refractivity contribution in [2.45, 2.75) is 72.8 Å². The summed E-state index contributed by atoms with van der Waals surface area (Å²) in [5.41, 5.74) is 4.48. The van der Waals surface area contributed by atoms with E-state index in [1.807, 2.05) is 0 Å². The van der Waals surface area contributed by atoms with Crippen LogP contribution in [0.1, 0.15) is 66.7 Å². The van der Waals surface area contributed by atoms with Crippen LogP contribution < -0.4 is 0 Å². The Morgan fingerprint density at radius 2 is 1.86 bits per heavy atom. The van der Waals surface area contributed by atoms with Gasteiger partial charge in [0.25, 0.3) is 0 Å². The van der Waals surface area contributed by atoms with Crippen molar-refractivity contribution in [2.24, 2.45) is 17.3 Å². The molecule has 0 heterocycles. The predicted octanol–water partition coefficient (Wildman–Crippen LogP) is 5.42. The van der Waals surface area contributed by atoms with E-state index in [9.17, 15) is 5.11 Å². The molecule has 0 saturated carbocycles. The molecule has 1 N–H and O–H groups in total. The molecule has 1 nitrogen and oxygen atoms in total. The van der Waals surface area contributed by atoms with Gasteiger partial charge in [0.1, 0.15) is 0 Å². The van der Waals surface area contributed by atoms with Gasteiger partial charge in [0, 0.05) is 0 Å². The van der Waals surface area contributed by atoms with E-state index < -0.39 is 0 Å². The first-order valence-electron chi connectivity index (χ1n) is 8.54. The number of aliphatic hydroxyl groups is 1. The molecule has 0 aromatic rings. The van der Waals surface area contributed by atoms with E-state index in [0.717, 1.165) is 36.7 Å². The van der Waals surface area contributed by atoms with Gasteiger partial charge in [-0.2, -0.15) is 0 Å². The Kier molecular flexibility index (Phi) is 5.14. The second-order valence-electron chi connectivity index (χ2n) is 7.69. The van der Waals surface area contributed by atoms with Gasteiger partial charge in [-0.05, 0) is 68.8 Å². The predicted molar refractivity (Wildman–Crippen MR) is 91.1 cm³/mol. The zero-order valence-electron chi connectivity index (χ0n) is 14.4. The second-order valence-corrected chi connectivity index (χ2v) is 7.69. The van der Waals surface area contributed by atoms with Crippen LogP contribution in [-0.4, -0.2) is 11.2 Å². The van der Waals surface area contributed by atoms with Crippen LogP contribution in [0, 0.1) is 17.3 Å². The number of allylic oxidation sites excluding steroid dienone is 4. The summed E-state index contributed by atoms with van der Waals surface area (Å²) in [6.45, 7) is 11.5. The van der Waals surface area contributed by atoms with Gasteiger partial charge >= 0.3 is 0 Å². The third kappa shape index (κ3) is 3.51. The van der Waals surface area contributed by atoms with Gasteiger partial charge in [-0.3, -0.25) is 0 Å². The molecule has 3 atom stereocenters. The maximum Gasteiger partial charge on any atom is 0.0782 e. The van der Waals surface area contributed by atoms with Gasteiger partial charge in [0.15, 0.2) is 0 Å². The van der Waals surface area contributed by atoms with Crippen LogP contribution in [0.4, 0.5) is 0 Å². The minimum atomic E-state index is -0.313. The Bertz CT molecular complexity index is 466. The average molecular weight is 288 g/mol. The number of hydrogen-bond donors (Lipinski definition) is 1. The van der Waals surface area contributed by atoms with Crippen LogP contribution in [0.15, 0.2) is 34.9 Å². The molecule has 2 aliphatic carbocycles. The zero-order chi connectivity index (χ0) is 15.6. The van der Waals surface area contributed by atoms with Crippen LogP contribution in [0.2, 0.25) is 0 Å². The molecule has 0 aromatic heterocycles. The normalized spacial score (nSPS) is 39.7. The Morgan fingerprint density at radius 3 is 2.52 bits per heavy atom. The molecule has 0 radical (unpaired) electrons. The summed E-state index contributed by atoms with van der Waals surface area (Å²) in [5.74, 6) is 1.49. The maximum absolute atomic E-state index is 10.2. The standard InChI is InChI=1S/C20H32O/c1-14(2)18-10-9-17-8-7-16(4)19(21)11-6-15(3)12-13-20(17,18)5/h6-7,9,14,18-19,21H,8,10-13H2,1-5H3/b15-6+,16-7+. The molecule has 0 amide bonds. The molecule has 118 valence electrons. The highest BCUT2D eigenvalue weighted by molar-refractivity contribution is 5.27. The molecule has 21 heavy (non-hydrogen) atoms.